The Morgan fingerprint density at radius 3 is 2.43 bits per heavy atom. The Kier molecular flexibility index (Phi) is 3.74. The molecule has 4 aliphatic carbocycles. The van der Waals surface area contributed by atoms with Crippen molar-refractivity contribution in [3.63, 3.8) is 0 Å². The zero-order valence-corrected chi connectivity index (χ0v) is 14.4. The minimum Gasteiger partial charge on any atom is -0.335 e. The number of urea groups is 1. The number of hydrogen-bond donors (Lipinski definition) is 2. The number of halogens is 1. The average molecular weight is 369 g/mol. The molecule has 0 aromatic carbocycles. The van der Waals surface area contributed by atoms with E-state index in [1.54, 1.807) is 11.3 Å². The Labute approximate surface area is 138 Å². The normalized spacial score (nSPS) is 36.7. The molecule has 0 saturated heterocycles. The van der Waals surface area contributed by atoms with E-state index in [-0.39, 0.29) is 6.03 Å². The fraction of sp³-hybridized carbons (Fsp3) is 0.688. The lowest BCUT2D eigenvalue weighted by Crippen LogP contribution is -2.57. The maximum Gasteiger partial charge on any atom is 0.315 e. The van der Waals surface area contributed by atoms with E-state index in [0.717, 1.165) is 28.1 Å². The van der Waals surface area contributed by atoms with Crippen LogP contribution in [0.2, 0.25) is 0 Å². The smallest absolute Gasteiger partial charge is 0.315 e. The zero-order chi connectivity index (χ0) is 14.4. The Morgan fingerprint density at radius 1 is 1.19 bits per heavy atom. The Hall–Kier alpha value is -0.550. The van der Waals surface area contributed by atoms with Crippen LogP contribution in [-0.2, 0) is 6.54 Å². The zero-order valence-electron chi connectivity index (χ0n) is 12.0. The molecule has 1 aromatic rings. The van der Waals surface area contributed by atoms with Crippen LogP contribution >= 0.6 is 27.3 Å². The monoisotopic (exact) mass is 368 g/mol. The van der Waals surface area contributed by atoms with Crippen LogP contribution in [0.3, 0.4) is 0 Å². The number of rotatable bonds is 3. The van der Waals surface area contributed by atoms with Crippen LogP contribution in [-0.4, -0.2) is 12.1 Å². The molecule has 2 amide bonds. The highest BCUT2D eigenvalue weighted by molar-refractivity contribution is 9.10. The first-order chi connectivity index (χ1) is 10.2. The van der Waals surface area contributed by atoms with Gasteiger partial charge in [0.25, 0.3) is 0 Å². The molecule has 0 atom stereocenters. The molecule has 21 heavy (non-hydrogen) atoms. The molecule has 4 saturated carbocycles. The van der Waals surface area contributed by atoms with Crippen molar-refractivity contribution in [2.75, 3.05) is 0 Å². The van der Waals surface area contributed by atoms with Gasteiger partial charge in [-0.2, -0.15) is 0 Å². The lowest BCUT2D eigenvalue weighted by molar-refractivity contribution is -0.00942. The van der Waals surface area contributed by atoms with Gasteiger partial charge >= 0.3 is 6.03 Å². The molecular formula is C16H21BrN2OS. The molecule has 0 aliphatic heterocycles. The Balaban J connectivity index is 1.32. The van der Waals surface area contributed by atoms with Crippen LogP contribution in [0, 0.1) is 23.7 Å². The van der Waals surface area contributed by atoms with Gasteiger partial charge in [0, 0.05) is 20.8 Å². The van der Waals surface area contributed by atoms with Crippen LogP contribution in [0.1, 0.15) is 37.0 Å². The van der Waals surface area contributed by atoms with Gasteiger partial charge in [0.05, 0.1) is 6.54 Å². The van der Waals surface area contributed by atoms with Gasteiger partial charge in [0.15, 0.2) is 0 Å². The number of thiophene rings is 1. The quantitative estimate of drug-likeness (QED) is 0.826. The maximum absolute atomic E-state index is 12.2. The van der Waals surface area contributed by atoms with Crippen molar-refractivity contribution >= 4 is 33.3 Å². The van der Waals surface area contributed by atoms with Crippen LogP contribution in [0.4, 0.5) is 4.79 Å². The van der Waals surface area contributed by atoms with Crippen molar-refractivity contribution in [2.24, 2.45) is 23.7 Å². The molecule has 5 heteroatoms. The molecule has 114 valence electrons. The summed E-state index contributed by atoms with van der Waals surface area (Å²) in [6, 6.07) is 2.50. The second-order valence-corrected chi connectivity index (χ2v) is 8.93. The largest absolute Gasteiger partial charge is 0.335 e. The van der Waals surface area contributed by atoms with E-state index in [0.29, 0.717) is 12.6 Å². The molecular weight excluding hydrogens is 348 g/mol. The van der Waals surface area contributed by atoms with E-state index in [4.69, 9.17) is 0 Å². The van der Waals surface area contributed by atoms with Gasteiger partial charge in [-0.3, -0.25) is 0 Å². The molecule has 1 aromatic heterocycles. The van der Waals surface area contributed by atoms with E-state index in [1.165, 1.54) is 37.0 Å². The molecule has 0 spiro atoms. The minimum absolute atomic E-state index is 0.0111. The van der Waals surface area contributed by atoms with Crippen molar-refractivity contribution in [3.05, 3.63) is 20.8 Å². The highest BCUT2D eigenvalue weighted by Gasteiger charge is 2.48. The number of carbonyl (C=O) groups excluding carboxylic acids is 1. The highest BCUT2D eigenvalue weighted by atomic mass is 79.9. The molecule has 5 rings (SSSR count). The first-order valence-electron chi connectivity index (χ1n) is 7.94. The molecule has 0 radical (unpaired) electrons. The summed E-state index contributed by atoms with van der Waals surface area (Å²) in [5, 5.41) is 8.34. The van der Waals surface area contributed by atoms with Gasteiger partial charge < -0.3 is 10.6 Å². The fourth-order valence-corrected chi connectivity index (χ4v) is 6.37. The summed E-state index contributed by atoms with van der Waals surface area (Å²) >= 11 is 5.11. The number of amides is 2. The van der Waals surface area contributed by atoms with Gasteiger partial charge in [0.1, 0.15) is 0 Å². The molecule has 0 unspecified atom stereocenters. The SMILES string of the molecule is O=C(NCc1cc(Br)cs1)NC1C2CC3CC(C2)CC1C3. The summed E-state index contributed by atoms with van der Waals surface area (Å²) in [7, 11) is 0. The van der Waals surface area contributed by atoms with E-state index in [9.17, 15) is 4.79 Å². The van der Waals surface area contributed by atoms with Crippen LogP contribution < -0.4 is 10.6 Å². The van der Waals surface area contributed by atoms with E-state index in [1.807, 2.05) is 5.38 Å². The second-order valence-electron chi connectivity index (χ2n) is 7.01. The molecule has 3 nitrogen and oxygen atoms in total. The lowest BCUT2D eigenvalue weighted by atomic mass is 9.54. The Morgan fingerprint density at radius 2 is 1.86 bits per heavy atom. The number of carbonyl (C=O) groups is 1. The van der Waals surface area contributed by atoms with Gasteiger partial charge in [-0.1, -0.05) is 0 Å². The van der Waals surface area contributed by atoms with Crippen molar-refractivity contribution in [1.29, 1.82) is 0 Å². The topological polar surface area (TPSA) is 41.1 Å². The van der Waals surface area contributed by atoms with Gasteiger partial charge in [-0.25, -0.2) is 4.79 Å². The third-order valence-electron chi connectivity index (χ3n) is 5.57. The fourth-order valence-electron chi connectivity index (χ4n) is 4.98. The summed E-state index contributed by atoms with van der Waals surface area (Å²) in [6.45, 7) is 0.620. The molecule has 4 aliphatic rings. The number of nitrogens with one attached hydrogen (secondary N) is 2. The van der Waals surface area contributed by atoms with Gasteiger partial charge in [0.2, 0.25) is 0 Å². The molecule has 4 fully saturated rings. The molecule has 2 N–H and O–H groups in total. The van der Waals surface area contributed by atoms with Gasteiger partial charge in [-0.15, -0.1) is 11.3 Å². The predicted octanol–water partition coefficient (Wildman–Crippen LogP) is 4.13. The third-order valence-corrected chi connectivity index (χ3v) is 7.27. The lowest BCUT2D eigenvalue weighted by Gasteiger charge is -2.54. The summed E-state index contributed by atoms with van der Waals surface area (Å²) < 4.78 is 1.09. The summed E-state index contributed by atoms with van der Waals surface area (Å²) in [5.41, 5.74) is 0. The minimum atomic E-state index is 0.0111. The van der Waals surface area contributed by atoms with Gasteiger partial charge in [-0.05, 0) is 77.8 Å². The van der Waals surface area contributed by atoms with E-state index in [2.05, 4.69) is 32.6 Å². The Bertz CT molecular complexity index is 516. The van der Waals surface area contributed by atoms with Crippen LogP contribution in [0.25, 0.3) is 0 Å². The van der Waals surface area contributed by atoms with Crippen molar-refractivity contribution in [2.45, 2.75) is 44.7 Å². The first kappa shape index (κ1) is 14.1. The van der Waals surface area contributed by atoms with Crippen molar-refractivity contribution < 1.29 is 4.79 Å². The molecule has 4 bridgehead atoms. The van der Waals surface area contributed by atoms with Crippen molar-refractivity contribution in [3.8, 4) is 0 Å². The maximum atomic E-state index is 12.2. The van der Waals surface area contributed by atoms with E-state index >= 15 is 0 Å². The average Bonchev–Trinajstić information content (AvgIpc) is 2.85. The second kappa shape index (κ2) is 5.58. The first-order valence-corrected chi connectivity index (χ1v) is 9.62. The third kappa shape index (κ3) is 2.87. The summed E-state index contributed by atoms with van der Waals surface area (Å²) in [4.78, 5) is 13.4. The highest BCUT2D eigenvalue weighted by Crippen LogP contribution is 2.53. The summed E-state index contributed by atoms with van der Waals surface area (Å²) in [6.07, 6.45) is 6.83. The summed E-state index contributed by atoms with van der Waals surface area (Å²) in [5.74, 6) is 3.39. The van der Waals surface area contributed by atoms with Crippen molar-refractivity contribution in [1.82, 2.24) is 10.6 Å². The van der Waals surface area contributed by atoms with Crippen LogP contribution in [0.15, 0.2) is 15.9 Å². The standard InChI is InChI=1S/C16H21BrN2OS/c17-13-6-14(21-8-13)7-18-16(20)19-15-11-2-9-1-10(4-11)5-12(15)3-9/h6,8-12,15H,1-5,7H2,(H2,18,19,20). The molecule has 1 heterocycles. The number of hydrogen-bond acceptors (Lipinski definition) is 2. The van der Waals surface area contributed by atoms with E-state index < -0.39 is 0 Å². The van der Waals surface area contributed by atoms with Crippen LogP contribution in [0.5, 0.6) is 0 Å². The predicted molar refractivity (Wildman–Crippen MR) is 88.2 cm³/mol.